The first-order chi connectivity index (χ1) is 12.6. The summed E-state index contributed by atoms with van der Waals surface area (Å²) < 4.78 is 0. The second-order valence-electron chi connectivity index (χ2n) is 7.48. The molecule has 0 spiro atoms. The maximum atomic E-state index is 13.2. The van der Waals surface area contributed by atoms with Gasteiger partial charge in [-0.3, -0.25) is 4.79 Å². The van der Waals surface area contributed by atoms with Crippen molar-refractivity contribution in [2.75, 3.05) is 37.4 Å². The Bertz CT molecular complexity index is 798. The van der Waals surface area contributed by atoms with Crippen LogP contribution >= 0.6 is 0 Å². The largest absolute Gasteiger partial charge is 0.368 e. The number of pyridine rings is 1. The summed E-state index contributed by atoms with van der Waals surface area (Å²) in [4.78, 5) is 21.8. The first kappa shape index (κ1) is 17.0. The van der Waals surface area contributed by atoms with Gasteiger partial charge < -0.3 is 15.1 Å². The number of carbonyl (C=O) groups excluding carboxylic acids is 1. The molecule has 1 atom stereocenters. The topological polar surface area (TPSA) is 48.5 Å². The number of hydrogen-bond acceptors (Lipinski definition) is 4. The lowest BCUT2D eigenvalue weighted by Crippen LogP contribution is -2.37. The molecule has 0 bridgehead atoms. The highest BCUT2D eigenvalue weighted by atomic mass is 16.2. The average Bonchev–Trinajstić information content (AvgIpc) is 3.39. The summed E-state index contributed by atoms with van der Waals surface area (Å²) in [5.74, 6) is 1.47. The SMILES string of the molecule is CN(C)C(CNc1ncccc1C(=O)N1CCc2ccccc21)C1CC1. The molecule has 2 heterocycles. The molecule has 1 aromatic heterocycles. The fraction of sp³-hybridized carbons (Fsp3) is 0.429. The van der Waals surface area contributed by atoms with Crippen molar-refractivity contribution in [1.29, 1.82) is 0 Å². The maximum Gasteiger partial charge on any atom is 0.262 e. The lowest BCUT2D eigenvalue weighted by atomic mass is 10.1. The monoisotopic (exact) mass is 350 g/mol. The maximum absolute atomic E-state index is 13.2. The van der Waals surface area contributed by atoms with Gasteiger partial charge in [0, 0.05) is 31.0 Å². The van der Waals surface area contributed by atoms with E-state index >= 15 is 0 Å². The first-order valence-corrected chi connectivity index (χ1v) is 9.40. The summed E-state index contributed by atoms with van der Waals surface area (Å²) >= 11 is 0. The van der Waals surface area contributed by atoms with E-state index in [-0.39, 0.29) is 5.91 Å². The molecule has 5 nitrogen and oxygen atoms in total. The van der Waals surface area contributed by atoms with Gasteiger partial charge in [-0.15, -0.1) is 0 Å². The summed E-state index contributed by atoms with van der Waals surface area (Å²) in [6.07, 6.45) is 5.25. The zero-order valence-electron chi connectivity index (χ0n) is 15.5. The Morgan fingerprint density at radius 3 is 2.85 bits per heavy atom. The smallest absolute Gasteiger partial charge is 0.262 e. The van der Waals surface area contributed by atoms with Gasteiger partial charge in [-0.05, 0) is 63.0 Å². The van der Waals surface area contributed by atoms with E-state index in [1.165, 1.54) is 18.4 Å². The van der Waals surface area contributed by atoms with Gasteiger partial charge in [-0.2, -0.15) is 0 Å². The zero-order chi connectivity index (χ0) is 18.1. The third-order valence-electron chi connectivity index (χ3n) is 5.48. The summed E-state index contributed by atoms with van der Waals surface area (Å²) in [5, 5.41) is 3.44. The Kier molecular flexibility index (Phi) is 4.64. The fourth-order valence-corrected chi connectivity index (χ4v) is 3.87. The van der Waals surface area contributed by atoms with Crippen molar-refractivity contribution in [2.24, 2.45) is 5.92 Å². The molecule has 26 heavy (non-hydrogen) atoms. The number of fused-ring (bicyclic) bond motifs is 1. The quantitative estimate of drug-likeness (QED) is 0.870. The summed E-state index contributed by atoms with van der Waals surface area (Å²) in [5.41, 5.74) is 2.91. The molecule has 136 valence electrons. The molecule has 0 radical (unpaired) electrons. The van der Waals surface area contributed by atoms with Gasteiger partial charge in [0.05, 0.1) is 5.56 Å². The first-order valence-electron chi connectivity index (χ1n) is 9.40. The Labute approximate surface area is 155 Å². The number of amides is 1. The van der Waals surface area contributed by atoms with Crippen molar-refractivity contribution < 1.29 is 4.79 Å². The van der Waals surface area contributed by atoms with Crippen LogP contribution in [0.5, 0.6) is 0 Å². The van der Waals surface area contributed by atoms with Gasteiger partial charge in [-0.25, -0.2) is 4.98 Å². The van der Waals surface area contributed by atoms with Crippen LogP contribution in [0.25, 0.3) is 0 Å². The predicted octanol–water partition coefficient (Wildman–Crippen LogP) is 3.04. The van der Waals surface area contributed by atoms with Gasteiger partial charge >= 0.3 is 0 Å². The number of para-hydroxylation sites is 1. The van der Waals surface area contributed by atoms with Crippen LogP contribution in [0.1, 0.15) is 28.8 Å². The van der Waals surface area contributed by atoms with E-state index in [0.29, 0.717) is 17.4 Å². The summed E-state index contributed by atoms with van der Waals surface area (Å²) in [6, 6.07) is 12.3. The number of likely N-dealkylation sites (N-methyl/N-ethyl adjacent to an activating group) is 1. The lowest BCUT2D eigenvalue weighted by molar-refractivity contribution is 0.0990. The molecule has 1 aliphatic heterocycles. The molecule has 1 amide bonds. The second-order valence-corrected chi connectivity index (χ2v) is 7.48. The molecule has 2 aliphatic rings. The van der Waals surface area contributed by atoms with Crippen LogP contribution in [0.3, 0.4) is 0 Å². The number of nitrogens with zero attached hydrogens (tertiary/aromatic N) is 3. The van der Waals surface area contributed by atoms with Crippen molar-refractivity contribution in [1.82, 2.24) is 9.88 Å². The molecule has 2 aromatic rings. The summed E-state index contributed by atoms with van der Waals surface area (Å²) in [6.45, 7) is 1.54. The van der Waals surface area contributed by atoms with Gasteiger partial charge in [0.25, 0.3) is 5.91 Å². The number of carbonyl (C=O) groups is 1. The number of benzene rings is 1. The number of rotatable bonds is 6. The van der Waals surface area contributed by atoms with Crippen LogP contribution in [0, 0.1) is 5.92 Å². The standard InChI is InChI=1S/C21H26N4O/c1-24(2)19(16-9-10-16)14-23-20-17(7-5-12-22-20)21(26)25-13-11-15-6-3-4-8-18(15)25/h3-8,12,16,19H,9-11,13-14H2,1-2H3,(H,22,23). The minimum atomic E-state index is 0.0263. The van der Waals surface area contributed by atoms with E-state index in [1.807, 2.05) is 35.2 Å². The van der Waals surface area contributed by atoms with E-state index in [9.17, 15) is 4.79 Å². The van der Waals surface area contributed by atoms with E-state index in [1.54, 1.807) is 6.20 Å². The van der Waals surface area contributed by atoms with E-state index in [2.05, 4.69) is 35.4 Å². The Balaban J connectivity index is 1.53. The van der Waals surface area contributed by atoms with Crippen molar-refractivity contribution >= 4 is 17.4 Å². The van der Waals surface area contributed by atoms with Crippen molar-refractivity contribution in [3.05, 3.63) is 53.7 Å². The van der Waals surface area contributed by atoms with Crippen LogP contribution in [-0.2, 0) is 6.42 Å². The molecular weight excluding hydrogens is 324 g/mol. The highest BCUT2D eigenvalue weighted by Gasteiger charge is 2.33. The second kappa shape index (κ2) is 7.08. The zero-order valence-corrected chi connectivity index (χ0v) is 15.5. The minimum Gasteiger partial charge on any atom is -0.368 e. The minimum absolute atomic E-state index is 0.0263. The van der Waals surface area contributed by atoms with E-state index in [4.69, 9.17) is 0 Å². The Morgan fingerprint density at radius 1 is 1.27 bits per heavy atom. The van der Waals surface area contributed by atoms with Gasteiger partial charge in [-0.1, -0.05) is 18.2 Å². The Hall–Kier alpha value is -2.40. The number of hydrogen-bond donors (Lipinski definition) is 1. The molecule has 1 N–H and O–H groups in total. The van der Waals surface area contributed by atoms with E-state index < -0.39 is 0 Å². The molecule has 1 fully saturated rings. The van der Waals surface area contributed by atoms with E-state index in [0.717, 1.165) is 31.1 Å². The molecule has 0 saturated heterocycles. The van der Waals surface area contributed by atoms with Crippen molar-refractivity contribution in [3.63, 3.8) is 0 Å². The number of nitrogens with one attached hydrogen (secondary N) is 1. The molecular formula is C21H26N4O. The van der Waals surface area contributed by atoms with Crippen LogP contribution in [0.2, 0.25) is 0 Å². The number of anilines is 2. The fourth-order valence-electron chi connectivity index (χ4n) is 3.87. The van der Waals surface area contributed by atoms with Crippen LogP contribution in [0.15, 0.2) is 42.6 Å². The molecule has 1 aromatic carbocycles. The molecule has 1 unspecified atom stereocenters. The van der Waals surface area contributed by atoms with Crippen molar-refractivity contribution in [2.45, 2.75) is 25.3 Å². The predicted molar refractivity (Wildman–Crippen MR) is 105 cm³/mol. The normalized spacial score (nSPS) is 17.3. The highest BCUT2D eigenvalue weighted by molar-refractivity contribution is 6.10. The molecule has 4 rings (SSSR count). The molecule has 1 saturated carbocycles. The number of aromatic nitrogens is 1. The van der Waals surface area contributed by atoms with Gasteiger partial charge in [0.1, 0.15) is 5.82 Å². The highest BCUT2D eigenvalue weighted by Crippen LogP contribution is 2.35. The molecule has 1 aliphatic carbocycles. The van der Waals surface area contributed by atoms with Crippen LogP contribution in [0.4, 0.5) is 11.5 Å². The van der Waals surface area contributed by atoms with Gasteiger partial charge in [0.2, 0.25) is 0 Å². The lowest BCUT2D eigenvalue weighted by Gasteiger charge is -2.25. The average molecular weight is 350 g/mol. The Morgan fingerprint density at radius 2 is 2.08 bits per heavy atom. The third kappa shape index (κ3) is 3.31. The van der Waals surface area contributed by atoms with Crippen molar-refractivity contribution in [3.8, 4) is 0 Å². The third-order valence-corrected chi connectivity index (χ3v) is 5.48. The van der Waals surface area contributed by atoms with Crippen LogP contribution in [-0.4, -0.2) is 49.0 Å². The summed E-state index contributed by atoms with van der Waals surface area (Å²) in [7, 11) is 4.24. The molecule has 5 heteroatoms. The van der Waals surface area contributed by atoms with Gasteiger partial charge in [0.15, 0.2) is 0 Å². The van der Waals surface area contributed by atoms with Crippen LogP contribution < -0.4 is 10.2 Å².